The molecule has 0 aliphatic heterocycles. The molecule has 4 rings (SSSR count). The summed E-state index contributed by atoms with van der Waals surface area (Å²) in [6.07, 6.45) is 1.44. The third-order valence-electron chi connectivity index (χ3n) is 5.22. The number of carbonyl (C=O) groups is 1. The zero-order valence-corrected chi connectivity index (χ0v) is 18.4. The third kappa shape index (κ3) is 4.36. The number of amides is 1. The lowest BCUT2D eigenvalue weighted by Crippen LogP contribution is -2.34. The van der Waals surface area contributed by atoms with Gasteiger partial charge in [-0.05, 0) is 60.9 Å². The highest BCUT2D eigenvalue weighted by atomic mass is 32.1. The van der Waals surface area contributed by atoms with E-state index < -0.39 is 0 Å². The lowest BCUT2D eigenvalue weighted by molar-refractivity contribution is -0.122. The highest BCUT2D eigenvalue weighted by Crippen LogP contribution is 2.31. The van der Waals surface area contributed by atoms with Crippen molar-refractivity contribution in [2.75, 3.05) is 7.11 Å². The van der Waals surface area contributed by atoms with Gasteiger partial charge in [-0.15, -0.1) is 11.3 Å². The second-order valence-electron chi connectivity index (χ2n) is 7.38. The fourth-order valence-corrected chi connectivity index (χ4v) is 4.61. The third-order valence-corrected chi connectivity index (χ3v) is 6.39. The van der Waals surface area contributed by atoms with Crippen LogP contribution < -0.4 is 15.6 Å². The van der Waals surface area contributed by atoms with Crippen LogP contribution in [0.2, 0.25) is 0 Å². The summed E-state index contributed by atoms with van der Waals surface area (Å²) in [5.74, 6) is 0.544. The molecular formula is C24H23N3O3S. The van der Waals surface area contributed by atoms with Crippen molar-refractivity contribution in [2.24, 2.45) is 0 Å². The number of ether oxygens (including phenoxy) is 1. The van der Waals surface area contributed by atoms with Crippen molar-refractivity contribution >= 4 is 27.5 Å². The van der Waals surface area contributed by atoms with Crippen molar-refractivity contribution in [1.82, 2.24) is 14.9 Å². The standard InChI is InChI=1S/C24H23N3O3S/c1-15-6-4-5-7-19(15)16(2)26-22(28)13-27-14-25-20-12-21(31-23(20)24(27)29)17-8-10-18(30-3)11-9-17/h4-12,14,16H,13H2,1-3H3,(H,26,28)/t16-/m0/s1. The molecule has 0 fully saturated rings. The van der Waals surface area contributed by atoms with Gasteiger partial charge in [0, 0.05) is 4.88 Å². The number of aromatic nitrogens is 2. The van der Waals surface area contributed by atoms with Crippen LogP contribution in [0.25, 0.3) is 20.7 Å². The number of benzene rings is 2. The zero-order valence-electron chi connectivity index (χ0n) is 17.6. The maximum Gasteiger partial charge on any atom is 0.271 e. The van der Waals surface area contributed by atoms with Crippen molar-refractivity contribution in [3.05, 3.63) is 82.4 Å². The Bertz CT molecular complexity index is 1290. The number of fused-ring (bicyclic) bond motifs is 1. The van der Waals surface area contributed by atoms with Crippen LogP contribution >= 0.6 is 11.3 Å². The van der Waals surface area contributed by atoms with Gasteiger partial charge in [-0.1, -0.05) is 24.3 Å². The minimum atomic E-state index is -0.231. The molecule has 0 aliphatic carbocycles. The first kappa shape index (κ1) is 20.8. The Kier molecular flexibility index (Phi) is 5.86. The van der Waals surface area contributed by atoms with Crippen LogP contribution in [-0.2, 0) is 11.3 Å². The van der Waals surface area contributed by atoms with E-state index in [4.69, 9.17) is 4.74 Å². The molecule has 1 amide bonds. The van der Waals surface area contributed by atoms with Crippen LogP contribution in [0.3, 0.4) is 0 Å². The number of nitrogens with zero attached hydrogens (tertiary/aromatic N) is 2. The van der Waals surface area contributed by atoms with Crippen molar-refractivity contribution in [2.45, 2.75) is 26.4 Å². The molecular weight excluding hydrogens is 410 g/mol. The van der Waals surface area contributed by atoms with Crippen LogP contribution in [0.4, 0.5) is 0 Å². The first-order valence-corrected chi connectivity index (χ1v) is 10.8. The number of hydrogen-bond donors (Lipinski definition) is 1. The smallest absolute Gasteiger partial charge is 0.271 e. The summed E-state index contributed by atoms with van der Waals surface area (Å²) in [7, 11) is 1.62. The summed E-state index contributed by atoms with van der Waals surface area (Å²) in [5, 5.41) is 2.97. The topological polar surface area (TPSA) is 73.2 Å². The van der Waals surface area contributed by atoms with E-state index in [9.17, 15) is 9.59 Å². The number of nitrogens with one attached hydrogen (secondary N) is 1. The van der Waals surface area contributed by atoms with Gasteiger partial charge in [-0.2, -0.15) is 0 Å². The molecule has 0 bridgehead atoms. The van der Waals surface area contributed by atoms with Gasteiger partial charge in [-0.25, -0.2) is 4.98 Å². The lowest BCUT2D eigenvalue weighted by atomic mass is 10.0. The lowest BCUT2D eigenvalue weighted by Gasteiger charge is -2.16. The molecule has 0 aliphatic rings. The fraction of sp³-hybridized carbons (Fsp3) is 0.208. The Morgan fingerprint density at radius 3 is 2.65 bits per heavy atom. The van der Waals surface area contributed by atoms with E-state index in [0.29, 0.717) is 10.2 Å². The van der Waals surface area contributed by atoms with Gasteiger partial charge >= 0.3 is 0 Å². The average molecular weight is 434 g/mol. The number of methoxy groups -OCH3 is 1. The minimum Gasteiger partial charge on any atom is -0.497 e. The van der Waals surface area contributed by atoms with E-state index in [2.05, 4.69) is 10.3 Å². The number of thiophene rings is 1. The summed E-state index contributed by atoms with van der Waals surface area (Å²) in [5.41, 5.74) is 3.57. The largest absolute Gasteiger partial charge is 0.497 e. The number of rotatable bonds is 6. The summed E-state index contributed by atoms with van der Waals surface area (Å²) >= 11 is 1.38. The van der Waals surface area contributed by atoms with Gasteiger partial charge in [0.15, 0.2) is 0 Å². The van der Waals surface area contributed by atoms with Crippen LogP contribution in [-0.4, -0.2) is 22.6 Å². The number of aryl methyl sites for hydroxylation is 1. The Labute approximate surface area is 184 Å². The van der Waals surface area contributed by atoms with E-state index in [1.807, 2.05) is 68.4 Å². The second-order valence-corrected chi connectivity index (χ2v) is 8.43. The number of hydrogen-bond acceptors (Lipinski definition) is 5. The molecule has 1 N–H and O–H groups in total. The Balaban J connectivity index is 1.54. The molecule has 7 heteroatoms. The van der Waals surface area contributed by atoms with Crippen molar-refractivity contribution in [1.29, 1.82) is 0 Å². The average Bonchev–Trinajstić information content (AvgIpc) is 3.21. The molecule has 158 valence electrons. The molecule has 0 unspecified atom stereocenters. The predicted molar refractivity (Wildman–Crippen MR) is 124 cm³/mol. The first-order chi connectivity index (χ1) is 15.0. The van der Waals surface area contributed by atoms with E-state index >= 15 is 0 Å². The van der Waals surface area contributed by atoms with E-state index in [1.54, 1.807) is 7.11 Å². The van der Waals surface area contributed by atoms with Gasteiger partial charge in [0.1, 0.15) is 17.0 Å². The molecule has 2 heterocycles. The molecule has 1 atom stereocenters. The Hall–Kier alpha value is -3.45. The van der Waals surface area contributed by atoms with Gasteiger partial charge < -0.3 is 10.1 Å². The highest BCUT2D eigenvalue weighted by Gasteiger charge is 2.15. The van der Waals surface area contributed by atoms with E-state index in [-0.39, 0.29) is 24.1 Å². The molecule has 0 saturated carbocycles. The summed E-state index contributed by atoms with van der Waals surface area (Å²) in [6.45, 7) is 3.87. The first-order valence-electron chi connectivity index (χ1n) is 9.94. The summed E-state index contributed by atoms with van der Waals surface area (Å²) < 4.78 is 7.09. The quantitative estimate of drug-likeness (QED) is 0.492. The van der Waals surface area contributed by atoms with Gasteiger partial charge in [0.05, 0.1) is 25.0 Å². The van der Waals surface area contributed by atoms with E-state index in [1.165, 1.54) is 22.2 Å². The molecule has 6 nitrogen and oxygen atoms in total. The molecule has 4 aromatic rings. The van der Waals surface area contributed by atoms with Gasteiger partial charge in [-0.3, -0.25) is 14.2 Å². The Morgan fingerprint density at radius 2 is 1.94 bits per heavy atom. The maximum absolute atomic E-state index is 13.0. The van der Waals surface area contributed by atoms with Crippen LogP contribution in [0, 0.1) is 6.92 Å². The van der Waals surface area contributed by atoms with Crippen LogP contribution in [0.15, 0.2) is 65.7 Å². The monoisotopic (exact) mass is 433 g/mol. The molecule has 2 aromatic carbocycles. The molecule has 0 saturated heterocycles. The van der Waals surface area contributed by atoms with Crippen molar-refractivity contribution in [3.63, 3.8) is 0 Å². The van der Waals surface area contributed by atoms with E-state index in [0.717, 1.165) is 27.3 Å². The molecule has 31 heavy (non-hydrogen) atoms. The fourth-order valence-electron chi connectivity index (χ4n) is 3.55. The molecule has 2 aromatic heterocycles. The minimum absolute atomic E-state index is 0.0756. The predicted octanol–water partition coefficient (Wildman–Crippen LogP) is 4.32. The highest BCUT2D eigenvalue weighted by molar-refractivity contribution is 7.22. The van der Waals surface area contributed by atoms with Crippen molar-refractivity contribution < 1.29 is 9.53 Å². The maximum atomic E-state index is 13.0. The molecule has 0 spiro atoms. The normalized spacial score (nSPS) is 12.0. The van der Waals surface area contributed by atoms with Gasteiger partial charge in [0.25, 0.3) is 5.56 Å². The summed E-state index contributed by atoms with van der Waals surface area (Å²) in [6, 6.07) is 17.3. The van der Waals surface area contributed by atoms with Gasteiger partial charge in [0.2, 0.25) is 5.91 Å². The SMILES string of the molecule is COc1ccc(-c2cc3ncn(CC(=O)N[C@@H](C)c4ccccc4C)c(=O)c3s2)cc1. The van der Waals surface area contributed by atoms with Crippen LogP contribution in [0.1, 0.15) is 24.1 Å². The summed E-state index contributed by atoms with van der Waals surface area (Å²) in [4.78, 5) is 30.9. The van der Waals surface area contributed by atoms with Crippen molar-refractivity contribution in [3.8, 4) is 16.2 Å². The molecule has 0 radical (unpaired) electrons. The zero-order chi connectivity index (χ0) is 22.0. The Morgan fingerprint density at radius 1 is 1.19 bits per heavy atom. The second kappa shape index (κ2) is 8.73. The van der Waals surface area contributed by atoms with Crippen LogP contribution in [0.5, 0.6) is 5.75 Å². The number of carbonyl (C=O) groups excluding carboxylic acids is 1.